The fraction of sp³-hybridized carbons (Fsp3) is 0.438. The van der Waals surface area contributed by atoms with Gasteiger partial charge in [-0.05, 0) is 50.8 Å². The van der Waals surface area contributed by atoms with Crippen LogP contribution >= 0.6 is 22.9 Å². The topological polar surface area (TPSA) is 70.1 Å². The van der Waals surface area contributed by atoms with Crippen molar-refractivity contribution >= 4 is 44.9 Å². The number of carbonyl (C=O) groups is 1. The lowest BCUT2D eigenvalue weighted by molar-refractivity contribution is 0.262. The predicted octanol–water partition coefficient (Wildman–Crippen LogP) is 4.52. The second-order valence-electron chi connectivity index (χ2n) is 5.97. The van der Waals surface area contributed by atoms with E-state index in [1.54, 1.807) is 6.07 Å². The summed E-state index contributed by atoms with van der Waals surface area (Å²) in [5.74, 6) is 0. The molecule has 0 spiro atoms. The average molecular weight is 366 g/mol. The molecule has 1 aromatic carbocycles. The third-order valence-corrected chi connectivity index (χ3v) is 5.40. The monoisotopic (exact) mass is 365 g/mol. The molecule has 2 aromatic rings. The molecule has 2 amide bonds. The summed E-state index contributed by atoms with van der Waals surface area (Å²) in [6, 6.07) is 5.49. The van der Waals surface area contributed by atoms with Crippen LogP contribution in [0.3, 0.4) is 0 Å². The van der Waals surface area contributed by atoms with Crippen molar-refractivity contribution < 1.29 is 4.79 Å². The van der Waals surface area contributed by atoms with Crippen molar-refractivity contribution in [2.24, 2.45) is 0 Å². The zero-order chi connectivity index (χ0) is 17.1. The maximum atomic E-state index is 12.1. The Balaban J connectivity index is 1.61. The fourth-order valence-corrected chi connectivity index (χ4v) is 3.74. The maximum Gasteiger partial charge on any atom is 0.325 e. The first kappa shape index (κ1) is 17.0. The van der Waals surface area contributed by atoms with Gasteiger partial charge < -0.3 is 10.2 Å². The molecule has 1 aliphatic heterocycles. The number of nitrogens with zero attached hydrogens (tertiary/aromatic N) is 3. The Labute approximate surface area is 150 Å². The normalized spacial score (nSPS) is 17.6. The van der Waals surface area contributed by atoms with Crippen molar-refractivity contribution in [1.29, 1.82) is 0 Å². The van der Waals surface area contributed by atoms with Gasteiger partial charge in [0.15, 0.2) is 0 Å². The third-order valence-electron chi connectivity index (χ3n) is 4.11. The zero-order valence-electron chi connectivity index (χ0n) is 13.7. The number of nitrogens with one attached hydrogen (secondary N) is 2. The average Bonchev–Trinajstić information content (AvgIpc) is 2.99. The van der Waals surface area contributed by atoms with Crippen molar-refractivity contribution in [1.82, 2.24) is 10.2 Å². The highest BCUT2D eigenvalue weighted by Gasteiger charge is 2.22. The first-order valence-electron chi connectivity index (χ1n) is 7.97. The van der Waals surface area contributed by atoms with E-state index in [2.05, 4.69) is 32.7 Å². The number of benzene rings is 1. The number of hydrogen-bond donors (Lipinski definition) is 2. The largest absolute Gasteiger partial charge is 0.344 e. The summed E-state index contributed by atoms with van der Waals surface area (Å²) in [6.07, 6.45) is 3.58. The van der Waals surface area contributed by atoms with Crippen LogP contribution in [0.25, 0.3) is 0 Å². The molecule has 0 bridgehead atoms. The van der Waals surface area contributed by atoms with Crippen LogP contribution in [0.4, 0.5) is 20.7 Å². The number of amides is 2. The molecule has 128 valence electrons. The fourth-order valence-electron chi connectivity index (χ4n) is 2.69. The molecule has 8 heteroatoms. The van der Waals surface area contributed by atoms with E-state index in [1.807, 2.05) is 19.1 Å². The second kappa shape index (κ2) is 7.36. The highest BCUT2D eigenvalue weighted by molar-refractivity contribution is 7.19. The lowest BCUT2D eigenvalue weighted by Crippen LogP contribution is -2.37. The number of aryl methyl sites for hydroxylation is 1. The van der Waals surface area contributed by atoms with Gasteiger partial charge in [0.1, 0.15) is 0 Å². The minimum Gasteiger partial charge on any atom is -0.344 e. The summed E-state index contributed by atoms with van der Waals surface area (Å²) in [4.78, 5) is 14.3. The summed E-state index contributed by atoms with van der Waals surface area (Å²) in [7, 11) is 0. The van der Waals surface area contributed by atoms with Crippen LogP contribution in [0, 0.1) is 6.92 Å². The minimum atomic E-state index is -0.357. The minimum absolute atomic E-state index is 0.357. The molecular formula is C16H20ClN5OS. The Hall–Kier alpha value is -1.86. The van der Waals surface area contributed by atoms with Gasteiger partial charge in [0.25, 0.3) is 0 Å². The Kier molecular flexibility index (Phi) is 5.20. The van der Waals surface area contributed by atoms with Gasteiger partial charge in [-0.15, -0.1) is 10.2 Å². The summed E-state index contributed by atoms with van der Waals surface area (Å²) in [5.41, 5.74) is 1.60. The van der Waals surface area contributed by atoms with Gasteiger partial charge in [-0.3, -0.25) is 5.32 Å². The van der Waals surface area contributed by atoms with Crippen molar-refractivity contribution in [2.75, 3.05) is 22.1 Å². The maximum absolute atomic E-state index is 12.1. The zero-order valence-corrected chi connectivity index (χ0v) is 15.2. The Bertz CT molecular complexity index is 735. The lowest BCUT2D eigenvalue weighted by Gasteiger charge is -2.32. The number of aromatic nitrogens is 2. The molecule has 1 saturated heterocycles. The number of carbonyl (C=O) groups excluding carboxylic acids is 1. The van der Waals surface area contributed by atoms with Gasteiger partial charge in [0.05, 0.1) is 0 Å². The van der Waals surface area contributed by atoms with Crippen molar-refractivity contribution in [3.63, 3.8) is 0 Å². The number of halogens is 1. The van der Waals surface area contributed by atoms with Gasteiger partial charge in [0, 0.05) is 23.3 Å². The smallest absolute Gasteiger partial charge is 0.325 e. The molecule has 0 saturated carbocycles. The molecule has 1 fully saturated rings. The van der Waals surface area contributed by atoms with E-state index in [0.717, 1.165) is 23.7 Å². The predicted molar refractivity (Wildman–Crippen MR) is 99.4 cm³/mol. The molecule has 1 aromatic heterocycles. The summed E-state index contributed by atoms with van der Waals surface area (Å²) in [5, 5.41) is 15.7. The molecule has 24 heavy (non-hydrogen) atoms. The Morgan fingerprint density at radius 2 is 2.17 bits per heavy atom. The van der Waals surface area contributed by atoms with E-state index < -0.39 is 0 Å². The quantitative estimate of drug-likeness (QED) is 0.838. The molecule has 1 atom stereocenters. The number of rotatable bonds is 3. The van der Waals surface area contributed by atoms with Crippen LogP contribution in [0.5, 0.6) is 0 Å². The van der Waals surface area contributed by atoms with Crippen LogP contribution in [0.1, 0.15) is 31.7 Å². The molecule has 0 aliphatic carbocycles. The molecular weight excluding hydrogens is 346 g/mol. The lowest BCUT2D eigenvalue weighted by atomic mass is 10.1. The Morgan fingerprint density at radius 1 is 1.33 bits per heavy atom. The van der Waals surface area contributed by atoms with Crippen LogP contribution < -0.4 is 15.5 Å². The van der Waals surface area contributed by atoms with E-state index in [4.69, 9.17) is 11.6 Å². The van der Waals surface area contributed by atoms with E-state index >= 15 is 0 Å². The second-order valence-corrected chi connectivity index (χ2v) is 7.33. The number of urea groups is 1. The molecule has 2 heterocycles. The molecule has 1 aliphatic rings. The van der Waals surface area contributed by atoms with E-state index in [-0.39, 0.29) is 6.03 Å². The van der Waals surface area contributed by atoms with Gasteiger partial charge in [-0.1, -0.05) is 29.0 Å². The van der Waals surface area contributed by atoms with E-state index in [0.29, 0.717) is 21.9 Å². The van der Waals surface area contributed by atoms with E-state index in [1.165, 1.54) is 24.2 Å². The van der Waals surface area contributed by atoms with Gasteiger partial charge in [-0.25, -0.2) is 4.79 Å². The molecule has 2 N–H and O–H groups in total. The Morgan fingerprint density at radius 3 is 2.92 bits per heavy atom. The van der Waals surface area contributed by atoms with Crippen LogP contribution in [-0.4, -0.2) is 28.8 Å². The number of hydrogen-bond acceptors (Lipinski definition) is 5. The van der Waals surface area contributed by atoms with Gasteiger partial charge in [-0.2, -0.15) is 0 Å². The summed E-state index contributed by atoms with van der Waals surface area (Å²) in [6.45, 7) is 5.10. The molecule has 0 unspecified atom stereocenters. The highest BCUT2D eigenvalue weighted by atomic mass is 35.5. The van der Waals surface area contributed by atoms with Crippen molar-refractivity contribution in [3.8, 4) is 0 Å². The molecule has 0 radical (unpaired) electrons. The standard InChI is InChI=1S/C16H20ClN5OS/c1-10-6-7-12(9-13(10)17)18-14(23)19-15-20-21-16(24-15)22-8-4-3-5-11(22)2/h6-7,9,11H,3-5,8H2,1-2H3,(H2,18,19,20,23)/t11-/m0/s1. The van der Waals surface area contributed by atoms with Crippen molar-refractivity contribution in [3.05, 3.63) is 28.8 Å². The summed E-state index contributed by atoms with van der Waals surface area (Å²) >= 11 is 7.46. The van der Waals surface area contributed by atoms with Crippen molar-refractivity contribution in [2.45, 2.75) is 39.2 Å². The van der Waals surface area contributed by atoms with Crippen LogP contribution in [-0.2, 0) is 0 Å². The number of piperidine rings is 1. The van der Waals surface area contributed by atoms with Gasteiger partial charge >= 0.3 is 6.03 Å². The summed E-state index contributed by atoms with van der Waals surface area (Å²) < 4.78 is 0. The highest BCUT2D eigenvalue weighted by Crippen LogP contribution is 2.29. The molecule has 3 rings (SSSR count). The van der Waals surface area contributed by atoms with E-state index in [9.17, 15) is 4.79 Å². The van der Waals surface area contributed by atoms with Crippen LogP contribution in [0.15, 0.2) is 18.2 Å². The SMILES string of the molecule is Cc1ccc(NC(=O)Nc2nnc(N3CCCC[C@@H]3C)s2)cc1Cl. The number of anilines is 3. The first-order chi connectivity index (χ1) is 11.5. The van der Waals surface area contributed by atoms with Crippen LogP contribution in [0.2, 0.25) is 5.02 Å². The first-order valence-corrected chi connectivity index (χ1v) is 9.16. The molecule has 6 nitrogen and oxygen atoms in total. The third kappa shape index (κ3) is 3.96. The van der Waals surface area contributed by atoms with Gasteiger partial charge in [0.2, 0.25) is 10.3 Å².